The van der Waals surface area contributed by atoms with Gasteiger partial charge in [-0.2, -0.15) is 4.98 Å². The van der Waals surface area contributed by atoms with Crippen LogP contribution in [0.2, 0.25) is 0 Å². The Morgan fingerprint density at radius 1 is 0.886 bits per heavy atom. The number of rotatable bonds is 12. The number of hydrogen-bond acceptors (Lipinski definition) is 6. The molecule has 1 aliphatic heterocycles. The smallest absolute Gasteiger partial charge is 0.277 e. The first-order chi connectivity index (χ1) is 17.1. The van der Waals surface area contributed by atoms with Crippen LogP contribution in [0.3, 0.4) is 0 Å². The van der Waals surface area contributed by atoms with Crippen molar-refractivity contribution in [3.63, 3.8) is 0 Å². The predicted molar refractivity (Wildman–Crippen MR) is 142 cm³/mol. The average molecular weight is 483 g/mol. The molecule has 0 spiro atoms. The van der Waals surface area contributed by atoms with Crippen LogP contribution < -0.4 is 10.3 Å². The maximum absolute atomic E-state index is 13.6. The maximum Gasteiger partial charge on any atom is 0.277 e. The zero-order valence-corrected chi connectivity index (χ0v) is 22.1. The Kier molecular flexibility index (Phi) is 8.78. The highest BCUT2D eigenvalue weighted by Gasteiger charge is 2.20. The van der Waals surface area contributed by atoms with Crippen molar-refractivity contribution in [2.24, 2.45) is 0 Å². The second kappa shape index (κ2) is 12.0. The molecule has 3 aromatic rings. The summed E-state index contributed by atoms with van der Waals surface area (Å²) in [5, 5.41) is 0. The summed E-state index contributed by atoms with van der Waals surface area (Å²) in [5.74, 6) is 1.40. The van der Waals surface area contributed by atoms with E-state index in [-0.39, 0.29) is 5.56 Å². The number of methoxy groups -OCH3 is 1. The van der Waals surface area contributed by atoms with Gasteiger partial charge in [-0.05, 0) is 38.9 Å². The third-order valence-electron chi connectivity index (χ3n) is 7.32. The molecule has 35 heavy (non-hydrogen) atoms. The van der Waals surface area contributed by atoms with E-state index in [2.05, 4.69) is 28.6 Å². The molecule has 192 valence electrons. The van der Waals surface area contributed by atoms with Gasteiger partial charge in [-0.1, -0.05) is 39.5 Å². The van der Waals surface area contributed by atoms with Crippen LogP contribution in [-0.4, -0.2) is 75.1 Å². The molecule has 0 unspecified atom stereocenters. The number of aromatic nitrogens is 4. The number of unbranched alkanes of at least 4 members (excludes halogenated alkanes) is 4. The maximum atomic E-state index is 13.6. The zero-order chi connectivity index (χ0) is 24.8. The number of fused-ring (bicyclic) bond motifs is 3. The summed E-state index contributed by atoms with van der Waals surface area (Å²) in [5.41, 5.74) is 2.98. The summed E-state index contributed by atoms with van der Waals surface area (Å²) in [6.45, 7) is 13.7. The SMILES string of the molecule is CCCCCCCN1CCN(CCCn2c(=O)c3c(C)nc(CC)n3c3nc(OC)ccc32)CC1. The van der Waals surface area contributed by atoms with Crippen LogP contribution in [0.15, 0.2) is 16.9 Å². The average Bonchev–Trinajstić information content (AvgIpc) is 3.23. The monoisotopic (exact) mass is 482 g/mol. The quantitative estimate of drug-likeness (QED) is 0.365. The highest BCUT2D eigenvalue weighted by molar-refractivity contribution is 5.77. The number of ether oxygens (including phenoxy) is 1. The Labute approximate surface area is 208 Å². The first-order valence-corrected chi connectivity index (χ1v) is 13.5. The van der Waals surface area contributed by atoms with Crippen molar-refractivity contribution < 1.29 is 4.74 Å². The lowest BCUT2D eigenvalue weighted by molar-refractivity contribution is 0.128. The van der Waals surface area contributed by atoms with Crippen LogP contribution in [0.4, 0.5) is 0 Å². The van der Waals surface area contributed by atoms with Gasteiger partial charge < -0.3 is 19.1 Å². The molecule has 0 radical (unpaired) electrons. The molecule has 8 nitrogen and oxygen atoms in total. The molecule has 1 fully saturated rings. The predicted octanol–water partition coefficient (Wildman–Crippen LogP) is 3.90. The minimum Gasteiger partial charge on any atom is -0.481 e. The van der Waals surface area contributed by atoms with Crippen molar-refractivity contribution >= 4 is 16.7 Å². The fraction of sp³-hybridized carbons (Fsp3) is 0.667. The van der Waals surface area contributed by atoms with Crippen LogP contribution in [0.1, 0.15) is 63.9 Å². The number of aryl methyl sites for hydroxylation is 3. The zero-order valence-electron chi connectivity index (χ0n) is 22.1. The largest absolute Gasteiger partial charge is 0.481 e. The molecule has 0 N–H and O–H groups in total. The van der Waals surface area contributed by atoms with Crippen LogP contribution >= 0.6 is 0 Å². The minimum atomic E-state index is 0.0158. The van der Waals surface area contributed by atoms with Crippen molar-refractivity contribution in [3.05, 3.63) is 34.0 Å². The summed E-state index contributed by atoms with van der Waals surface area (Å²) in [6.07, 6.45) is 8.39. The molecule has 3 aromatic heterocycles. The fourth-order valence-corrected chi connectivity index (χ4v) is 5.30. The highest BCUT2D eigenvalue weighted by atomic mass is 16.5. The van der Waals surface area contributed by atoms with E-state index in [1.165, 1.54) is 38.6 Å². The van der Waals surface area contributed by atoms with Crippen LogP contribution in [0.5, 0.6) is 5.88 Å². The Morgan fingerprint density at radius 3 is 2.23 bits per heavy atom. The van der Waals surface area contributed by atoms with Crippen molar-refractivity contribution in [1.29, 1.82) is 0 Å². The van der Waals surface area contributed by atoms with E-state index in [1.54, 1.807) is 7.11 Å². The van der Waals surface area contributed by atoms with Crippen LogP contribution in [0, 0.1) is 6.92 Å². The van der Waals surface area contributed by atoms with Gasteiger partial charge in [0.15, 0.2) is 5.65 Å². The molecule has 1 aliphatic rings. The van der Waals surface area contributed by atoms with E-state index < -0.39 is 0 Å². The number of pyridine rings is 1. The van der Waals surface area contributed by atoms with Crippen molar-refractivity contribution in [2.45, 2.75) is 72.3 Å². The van der Waals surface area contributed by atoms with Crippen LogP contribution in [0.25, 0.3) is 16.7 Å². The molecule has 0 bridgehead atoms. The van der Waals surface area contributed by atoms with Gasteiger partial charge in [0.2, 0.25) is 5.88 Å². The molecule has 1 saturated heterocycles. The summed E-state index contributed by atoms with van der Waals surface area (Å²) < 4.78 is 9.20. The summed E-state index contributed by atoms with van der Waals surface area (Å²) in [4.78, 5) is 28.1. The van der Waals surface area contributed by atoms with Gasteiger partial charge in [-0.15, -0.1) is 0 Å². The first kappa shape index (κ1) is 25.6. The van der Waals surface area contributed by atoms with E-state index >= 15 is 0 Å². The molecule has 4 heterocycles. The molecule has 0 aromatic carbocycles. The lowest BCUT2D eigenvalue weighted by Crippen LogP contribution is -2.46. The second-order valence-corrected chi connectivity index (χ2v) is 9.76. The molecule has 0 saturated carbocycles. The molecule has 0 atom stereocenters. The summed E-state index contributed by atoms with van der Waals surface area (Å²) in [7, 11) is 1.62. The van der Waals surface area contributed by atoms with Gasteiger partial charge in [-0.3, -0.25) is 9.20 Å². The third-order valence-corrected chi connectivity index (χ3v) is 7.32. The molecular formula is C27H42N6O2. The van der Waals surface area contributed by atoms with Crippen molar-refractivity contribution in [1.82, 2.24) is 28.7 Å². The molecule has 0 aliphatic carbocycles. The van der Waals surface area contributed by atoms with E-state index in [0.717, 1.165) is 68.2 Å². The van der Waals surface area contributed by atoms with E-state index in [0.29, 0.717) is 17.9 Å². The van der Waals surface area contributed by atoms with Gasteiger partial charge in [0.1, 0.15) is 11.3 Å². The Bertz CT molecular complexity index is 1180. The number of piperazine rings is 1. The molecule has 8 heteroatoms. The van der Waals surface area contributed by atoms with Crippen LogP contribution in [-0.2, 0) is 13.0 Å². The Hall–Kier alpha value is -2.45. The van der Waals surface area contributed by atoms with E-state index in [1.807, 2.05) is 28.0 Å². The van der Waals surface area contributed by atoms with E-state index in [9.17, 15) is 4.79 Å². The number of imidazole rings is 1. The number of nitrogens with zero attached hydrogens (tertiary/aromatic N) is 6. The number of hydrogen-bond donors (Lipinski definition) is 0. The lowest BCUT2D eigenvalue weighted by atomic mass is 10.1. The molecule has 4 rings (SSSR count). The summed E-state index contributed by atoms with van der Waals surface area (Å²) >= 11 is 0. The second-order valence-electron chi connectivity index (χ2n) is 9.76. The molecular weight excluding hydrogens is 440 g/mol. The topological polar surface area (TPSA) is 67.9 Å². The highest BCUT2D eigenvalue weighted by Crippen LogP contribution is 2.21. The van der Waals surface area contributed by atoms with E-state index in [4.69, 9.17) is 9.72 Å². The van der Waals surface area contributed by atoms with Crippen molar-refractivity contribution in [2.75, 3.05) is 46.4 Å². The third kappa shape index (κ3) is 5.70. The van der Waals surface area contributed by atoms with Crippen molar-refractivity contribution in [3.8, 4) is 5.88 Å². The standard InChI is InChI=1S/C27H42N6O2/c1-5-7-8-9-10-14-30-17-19-31(20-18-30)15-11-16-32-22-12-13-24(35-4)29-26(22)33-23(6-2)28-21(3)25(33)27(32)34/h12-13H,5-11,14-20H2,1-4H3. The minimum absolute atomic E-state index is 0.0158. The Balaban J connectivity index is 1.42. The lowest BCUT2D eigenvalue weighted by Gasteiger charge is -2.34. The normalized spacial score (nSPS) is 15.4. The van der Waals surface area contributed by atoms with Gasteiger partial charge in [0.25, 0.3) is 5.56 Å². The fourth-order valence-electron chi connectivity index (χ4n) is 5.30. The Morgan fingerprint density at radius 2 is 1.57 bits per heavy atom. The van der Waals surface area contributed by atoms with Gasteiger partial charge in [0, 0.05) is 45.2 Å². The van der Waals surface area contributed by atoms with Gasteiger partial charge in [0.05, 0.1) is 18.3 Å². The first-order valence-electron chi connectivity index (χ1n) is 13.5. The summed E-state index contributed by atoms with van der Waals surface area (Å²) in [6, 6.07) is 3.79. The van der Waals surface area contributed by atoms with Gasteiger partial charge >= 0.3 is 0 Å². The van der Waals surface area contributed by atoms with Gasteiger partial charge in [-0.25, -0.2) is 4.98 Å². The molecule has 0 amide bonds.